The summed E-state index contributed by atoms with van der Waals surface area (Å²) in [6.07, 6.45) is 2.25. The fourth-order valence-corrected chi connectivity index (χ4v) is 3.34. The molecule has 0 aliphatic carbocycles. The molecule has 1 aromatic heterocycles. The van der Waals surface area contributed by atoms with Crippen molar-refractivity contribution in [3.05, 3.63) is 77.9 Å². The molecule has 3 aromatic rings. The van der Waals surface area contributed by atoms with E-state index in [0.29, 0.717) is 24.7 Å². The number of benzene rings is 2. The summed E-state index contributed by atoms with van der Waals surface area (Å²) in [5.41, 5.74) is 1.80. The molecule has 1 saturated heterocycles. The quantitative estimate of drug-likeness (QED) is 0.787. The minimum atomic E-state index is -0.356. The summed E-state index contributed by atoms with van der Waals surface area (Å²) in [7, 11) is 0. The van der Waals surface area contributed by atoms with Crippen molar-refractivity contribution in [2.24, 2.45) is 0 Å². The number of likely N-dealkylation sites (tertiary alicyclic amines) is 1. The van der Waals surface area contributed by atoms with Gasteiger partial charge in [0.15, 0.2) is 11.4 Å². The third-order valence-corrected chi connectivity index (χ3v) is 4.74. The van der Waals surface area contributed by atoms with Crippen molar-refractivity contribution >= 4 is 5.91 Å². The first-order valence-electron chi connectivity index (χ1n) is 8.50. The lowest BCUT2D eigenvalue weighted by Crippen LogP contribution is -2.29. The first kappa shape index (κ1) is 16.3. The molecule has 1 fully saturated rings. The number of hydrogen-bond donors (Lipinski definition) is 1. The second-order valence-corrected chi connectivity index (χ2v) is 6.43. The molecular weight excluding hydrogens is 333 g/mol. The van der Waals surface area contributed by atoms with E-state index in [-0.39, 0.29) is 23.2 Å². The van der Waals surface area contributed by atoms with Gasteiger partial charge < -0.3 is 10.0 Å². The van der Waals surface area contributed by atoms with Gasteiger partial charge in [-0.05, 0) is 36.2 Å². The maximum Gasteiger partial charge on any atom is 0.278 e. The molecule has 1 aliphatic rings. The molecule has 1 amide bonds. The normalized spacial score (nSPS) is 16.8. The van der Waals surface area contributed by atoms with Crippen molar-refractivity contribution in [1.82, 2.24) is 14.7 Å². The molecular formula is C20H18FN3O2. The van der Waals surface area contributed by atoms with Crippen LogP contribution < -0.4 is 0 Å². The van der Waals surface area contributed by atoms with Gasteiger partial charge >= 0.3 is 0 Å². The van der Waals surface area contributed by atoms with Crippen molar-refractivity contribution in [3.63, 3.8) is 0 Å². The van der Waals surface area contributed by atoms with Crippen molar-refractivity contribution in [2.75, 3.05) is 13.1 Å². The summed E-state index contributed by atoms with van der Waals surface area (Å²) in [5.74, 6) is -0.531. The van der Waals surface area contributed by atoms with Gasteiger partial charge in [0.2, 0.25) is 0 Å². The topological polar surface area (TPSA) is 58.4 Å². The minimum absolute atomic E-state index is 0.0167. The van der Waals surface area contributed by atoms with Gasteiger partial charge in [-0.25, -0.2) is 9.07 Å². The number of rotatable bonds is 3. The maximum absolute atomic E-state index is 13.1. The summed E-state index contributed by atoms with van der Waals surface area (Å²) >= 11 is 0. The van der Waals surface area contributed by atoms with Gasteiger partial charge in [0.05, 0.1) is 11.9 Å². The van der Waals surface area contributed by atoms with E-state index in [0.717, 1.165) is 6.42 Å². The highest BCUT2D eigenvalue weighted by Crippen LogP contribution is 2.29. The summed E-state index contributed by atoms with van der Waals surface area (Å²) in [6, 6.07) is 15.8. The molecule has 0 saturated carbocycles. The summed E-state index contributed by atoms with van der Waals surface area (Å²) in [4.78, 5) is 14.5. The van der Waals surface area contributed by atoms with Gasteiger partial charge in [-0.3, -0.25) is 4.79 Å². The van der Waals surface area contributed by atoms with Crippen LogP contribution in [0.1, 0.15) is 28.4 Å². The number of hydrogen-bond acceptors (Lipinski definition) is 3. The van der Waals surface area contributed by atoms with E-state index in [1.165, 1.54) is 40.7 Å². The highest BCUT2D eigenvalue weighted by molar-refractivity contribution is 5.95. The monoisotopic (exact) mass is 351 g/mol. The van der Waals surface area contributed by atoms with Gasteiger partial charge in [0.1, 0.15) is 5.82 Å². The first-order valence-corrected chi connectivity index (χ1v) is 8.50. The van der Waals surface area contributed by atoms with Crippen molar-refractivity contribution < 1.29 is 14.3 Å². The molecule has 2 aromatic carbocycles. The van der Waals surface area contributed by atoms with Crippen LogP contribution in [-0.2, 0) is 0 Å². The van der Waals surface area contributed by atoms with E-state index in [4.69, 9.17) is 0 Å². The predicted octanol–water partition coefficient (Wildman–Crippen LogP) is 3.35. The van der Waals surface area contributed by atoms with Crippen LogP contribution in [0.4, 0.5) is 4.39 Å². The average molecular weight is 351 g/mol. The molecule has 0 spiro atoms. The highest BCUT2D eigenvalue weighted by Gasteiger charge is 2.30. The van der Waals surface area contributed by atoms with Gasteiger partial charge in [-0.2, -0.15) is 5.10 Å². The Morgan fingerprint density at radius 3 is 2.58 bits per heavy atom. The molecule has 4 rings (SSSR count). The number of carbonyl (C=O) groups excluding carboxylic acids is 1. The fourth-order valence-electron chi connectivity index (χ4n) is 3.34. The number of aromatic hydroxyl groups is 1. The molecule has 6 heteroatoms. The Kier molecular flexibility index (Phi) is 4.16. The van der Waals surface area contributed by atoms with Gasteiger partial charge in [-0.15, -0.1) is 0 Å². The van der Waals surface area contributed by atoms with Crippen LogP contribution in [-0.4, -0.2) is 38.8 Å². The Balaban J connectivity index is 1.53. The number of aromatic nitrogens is 2. The standard InChI is InChI=1S/C20H18FN3O2/c21-16-6-8-17(9-7-16)24-13-18(25)19(22-24)20(26)23-11-10-15(12-23)14-4-2-1-3-5-14/h1-9,13,15,25H,10-12H2. The van der Waals surface area contributed by atoms with Gasteiger partial charge in [0.25, 0.3) is 5.91 Å². The van der Waals surface area contributed by atoms with E-state index in [1.54, 1.807) is 4.90 Å². The third kappa shape index (κ3) is 3.06. The van der Waals surface area contributed by atoms with Crippen LogP contribution in [0.25, 0.3) is 5.69 Å². The van der Waals surface area contributed by atoms with Crippen molar-refractivity contribution in [1.29, 1.82) is 0 Å². The van der Waals surface area contributed by atoms with Crippen LogP contribution in [0.2, 0.25) is 0 Å². The number of halogens is 1. The smallest absolute Gasteiger partial charge is 0.278 e. The van der Waals surface area contributed by atoms with E-state index in [1.807, 2.05) is 18.2 Å². The molecule has 26 heavy (non-hydrogen) atoms. The van der Waals surface area contributed by atoms with Crippen LogP contribution in [0.3, 0.4) is 0 Å². The van der Waals surface area contributed by atoms with E-state index >= 15 is 0 Å². The predicted molar refractivity (Wildman–Crippen MR) is 94.9 cm³/mol. The molecule has 1 unspecified atom stereocenters. The zero-order valence-corrected chi connectivity index (χ0v) is 14.0. The lowest BCUT2D eigenvalue weighted by atomic mass is 9.99. The largest absolute Gasteiger partial charge is 0.504 e. The Hall–Kier alpha value is -3.15. The number of amides is 1. The summed E-state index contributed by atoms with van der Waals surface area (Å²) in [6.45, 7) is 1.23. The van der Waals surface area contributed by atoms with Crippen LogP contribution in [0.15, 0.2) is 60.8 Å². The number of carbonyl (C=O) groups is 1. The molecule has 132 valence electrons. The second-order valence-electron chi connectivity index (χ2n) is 6.43. The van der Waals surface area contributed by atoms with Crippen LogP contribution >= 0.6 is 0 Å². The molecule has 5 nitrogen and oxygen atoms in total. The SMILES string of the molecule is O=C(c1nn(-c2ccc(F)cc2)cc1O)N1CCC(c2ccccc2)C1. The Bertz CT molecular complexity index is 922. The summed E-state index contributed by atoms with van der Waals surface area (Å²) < 4.78 is 14.4. The van der Waals surface area contributed by atoms with E-state index in [2.05, 4.69) is 17.2 Å². The van der Waals surface area contributed by atoms with Gasteiger partial charge in [-0.1, -0.05) is 30.3 Å². The first-order chi connectivity index (χ1) is 12.6. The molecule has 1 N–H and O–H groups in total. The van der Waals surface area contributed by atoms with Crippen LogP contribution in [0, 0.1) is 5.82 Å². The molecule has 0 bridgehead atoms. The minimum Gasteiger partial charge on any atom is -0.504 e. The van der Waals surface area contributed by atoms with E-state index < -0.39 is 0 Å². The molecule has 1 atom stereocenters. The van der Waals surface area contributed by atoms with Crippen molar-refractivity contribution in [2.45, 2.75) is 12.3 Å². The molecule has 2 heterocycles. The summed E-state index contributed by atoms with van der Waals surface area (Å²) in [5, 5.41) is 14.4. The lowest BCUT2D eigenvalue weighted by molar-refractivity contribution is 0.0781. The highest BCUT2D eigenvalue weighted by atomic mass is 19.1. The molecule has 1 aliphatic heterocycles. The lowest BCUT2D eigenvalue weighted by Gasteiger charge is -2.15. The Labute approximate surface area is 150 Å². The maximum atomic E-state index is 13.1. The van der Waals surface area contributed by atoms with E-state index in [9.17, 15) is 14.3 Å². The Morgan fingerprint density at radius 1 is 1.12 bits per heavy atom. The van der Waals surface area contributed by atoms with Gasteiger partial charge in [0, 0.05) is 19.0 Å². The van der Waals surface area contributed by atoms with Crippen LogP contribution in [0.5, 0.6) is 5.75 Å². The number of nitrogens with zero attached hydrogens (tertiary/aromatic N) is 3. The average Bonchev–Trinajstić information content (AvgIpc) is 3.30. The third-order valence-electron chi connectivity index (χ3n) is 4.74. The zero-order valence-electron chi connectivity index (χ0n) is 14.0. The molecule has 0 radical (unpaired) electrons. The fraction of sp³-hybridized carbons (Fsp3) is 0.200. The second kappa shape index (κ2) is 6.63. The zero-order chi connectivity index (χ0) is 18.1. The Morgan fingerprint density at radius 2 is 1.85 bits per heavy atom. The van der Waals surface area contributed by atoms with Crippen molar-refractivity contribution in [3.8, 4) is 11.4 Å².